The van der Waals surface area contributed by atoms with E-state index in [1.807, 2.05) is 12.1 Å². The van der Waals surface area contributed by atoms with Crippen LogP contribution in [-0.4, -0.2) is 13.4 Å². The predicted molar refractivity (Wildman–Crippen MR) is 117 cm³/mol. The Bertz CT molecular complexity index is 776. The van der Waals surface area contributed by atoms with Crippen LogP contribution in [0, 0.1) is 0 Å². The summed E-state index contributed by atoms with van der Waals surface area (Å²) in [7, 11) is -3.62. The zero-order valence-electron chi connectivity index (χ0n) is 17.1. The van der Waals surface area contributed by atoms with Crippen LogP contribution < -0.4 is 4.72 Å². The number of rotatable bonds is 14. The summed E-state index contributed by atoms with van der Waals surface area (Å²) >= 11 is 0. The van der Waals surface area contributed by atoms with Gasteiger partial charge < -0.3 is 0 Å². The fraction of sp³-hybridized carbons (Fsp3) is 0.522. The third-order valence-electron chi connectivity index (χ3n) is 4.97. The second kappa shape index (κ2) is 12.6. The van der Waals surface area contributed by atoms with E-state index < -0.39 is 10.0 Å². The highest BCUT2D eigenvalue weighted by atomic mass is 32.2. The molecule has 0 spiro atoms. The van der Waals surface area contributed by atoms with Crippen LogP contribution >= 0.6 is 0 Å². The summed E-state index contributed by atoms with van der Waals surface area (Å²) in [6.07, 6.45) is 15.1. The molecule has 0 unspecified atom stereocenters. The summed E-state index contributed by atoms with van der Waals surface area (Å²) in [6.45, 7) is 2.25. The van der Waals surface area contributed by atoms with Crippen molar-refractivity contribution in [2.24, 2.45) is 0 Å². The summed E-state index contributed by atoms with van der Waals surface area (Å²) < 4.78 is 28.1. The molecule has 1 aromatic heterocycles. The molecular formula is C23H34N2O2S. The first-order valence-corrected chi connectivity index (χ1v) is 12.1. The van der Waals surface area contributed by atoms with Gasteiger partial charge in [-0.15, -0.1) is 0 Å². The zero-order chi connectivity index (χ0) is 20.1. The van der Waals surface area contributed by atoms with Gasteiger partial charge >= 0.3 is 0 Å². The molecule has 0 bridgehead atoms. The Hall–Kier alpha value is -1.88. The van der Waals surface area contributed by atoms with Crippen LogP contribution in [0.2, 0.25) is 0 Å². The zero-order valence-corrected chi connectivity index (χ0v) is 17.9. The van der Waals surface area contributed by atoms with Gasteiger partial charge in [0.05, 0.1) is 4.90 Å². The van der Waals surface area contributed by atoms with Gasteiger partial charge in [0.15, 0.2) is 0 Å². The SMILES string of the molecule is CCCCCCCCCCCCc1ccccc1S(=O)(=O)Nc1ccccn1. The lowest BCUT2D eigenvalue weighted by Gasteiger charge is -2.12. The van der Waals surface area contributed by atoms with Crippen LogP contribution in [0.4, 0.5) is 5.82 Å². The molecule has 1 heterocycles. The lowest BCUT2D eigenvalue weighted by atomic mass is 10.0. The number of unbranched alkanes of at least 4 members (excludes halogenated alkanes) is 9. The van der Waals surface area contributed by atoms with Gasteiger partial charge in [0.1, 0.15) is 5.82 Å². The van der Waals surface area contributed by atoms with Crippen molar-refractivity contribution in [3.05, 3.63) is 54.2 Å². The van der Waals surface area contributed by atoms with E-state index in [0.29, 0.717) is 10.7 Å². The molecule has 2 rings (SSSR count). The van der Waals surface area contributed by atoms with Gasteiger partial charge in [0, 0.05) is 6.20 Å². The highest BCUT2D eigenvalue weighted by molar-refractivity contribution is 7.92. The minimum absolute atomic E-state index is 0.344. The van der Waals surface area contributed by atoms with E-state index in [0.717, 1.165) is 24.8 Å². The third kappa shape index (κ3) is 8.01. The Labute approximate surface area is 170 Å². The summed E-state index contributed by atoms with van der Waals surface area (Å²) in [6, 6.07) is 12.5. The molecule has 0 saturated heterocycles. The average molecular weight is 403 g/mol. The lowest BCUT2D eigenvalue weighted by molar-refractivity contribution is 0.555. The molecule has 0 radical (unpaired) electrons. The standard InChI is InChI=1S/C23H34N2O2S/c1-2-3-4-5-6-7-8-9-10-11-16-21-17-12-13-18-22(21)28(26,27)25-23-19-14-15-20-24-23/h12-15,17-20H,2-11,16H2,1H3,(H,24,25). The lowest BCUT2D eigenvalue weighted by Crippen LogP contribution is -2.15. The van der Waals surface area contributed by atoms with Gasteiger partial charge in [0.2, 0.25) is 0 Å². The third-order valence-corrected chi connectivity index (χ3v) is 6.42. The van der Waals surface area contributed by atoms with Crippen LogP contribution in [0.3, 0.4) is 0 Å². The van der Waals surface area contributed by atoms with E-state index in [2.05, 4.69) is 16.6 Å². The van der Waals surface area contributed by atoms with Gasteiger partial charge in [-0.25, -0.2) is 13.4 Å². The van der Waals surface area contributed by atoms with Crippen LogP contribution in [-0.2, 0) is 16.4 Å². The molecule has 1 aromatic carbocycles. The molecule has 2 aromatic rings. The Morgan fingerprint density at radius 3 is 2.04 bits per heavy atom. The van der Waals surface area contributed by atoms with Gasteiger partial charge in [-0.1, -0.05) is 89.0 Å². The fourth-order valence-corrected chi connectivity index (χ4v) is 4.67. The number of pyridine rings is 1. The molecule has 0 fully saturated rings. The summed E-state index contributed by atoms with van der Waals surface area (Å²) in [5.41, 5.74) is 0.880. The normalized spacial score (nSPS) is 11.5. The van der Waals surface area contributed by atoms with Crippen molar-refractivity contribution < 1.29 is 8.42 Å². The number of nitrogens with one attached hydrogen (secondary N) is 1. The molecule has 28 heavy (non-hydrogen) atoms. The number of anilines is 1. The molecule has 154 valence electrons. The van der Waals surface area contributed by atoms with Crippen molar-refractivity contribution in [1.29, 1.82) is 0 Å². The van der Waals surface area contributed by atoms with Crippen molar-refractivity contribution in [3.63, 3.8) is 0 Å². The van der Waals surface area contributed by atoms with Crippen molar-refractivity contribution >= 4 is 15.8 Å². The fourth-order valence-electron chi connectivity index (χ4n) is 3.39. The van der Waals surface area contributed by atoms with E-state index in [-0.39, 0.29) is 0 Å². The number of hydrogen-bond acceptors (Lipinski definition) is 3. The molecule has 1 N–H and O–H groups in total. The summed E-state index contributed by atoms with van der Waals surface area (Å²) in [5, 5.41) is 0. The molecule has 0 atom stereocenters. The highest BCUT2D eigenvalue weighted by Gasteiger charge is 2.18. The van der Waals surface area contributed by atoms with Gasteiger partial charge in [-0.3, -0.25) is 4.72 Å². The van der Waals surface area contributed by atoms with E-state index in [4.69, 9.17) is 0 Å². The van der Waals surface area contributed by atoms with Crippen LogP contribution in [0.5, 0.6) is 0 Å². The minimum Gasteiger partial charge on any atom is -0.263 e. The number of sulfonamides is 1. The summed E-state index contributed by atoms with van der Waals surface area (Å²) in [5.74, 6) is 0.344. The molecular weight excluding hydrogens is 368 g/mol. The Balaban J connectivity index is 1.77. The second-order valence-corrected chi connectivity index (χ2v) is 9.01. The van der Waals surface area contributed by atoms with Gasteiger partial charge in [-0.05, 0) is 36.6 Å². The molecule has 4 nitrogen and oxygen atoms in total. The second-order valence-electron chi connectivity index (χ2n) is 7.36. The van der Waals surface area contributed by atoms with Crippen LogP contribution in [0.15, 0.2) is 53.6 Å². The molecule has 0 aliphatic rings. The van der Waals surface area contributed by atoms with Crippen molar-refractivity contribution in [3.8, 4) is 0 Å². The monoisotopic (exact) mass is 402 g/mol. The van der Waals surface area contributed by atoms with Crippen LogP contribution in [0.25, 0.3) is 0 Å². The maximum absolute atomic E-state index is 12.8. The smallest absolute Gasteiger partial charge is 0.263 e. The largest absolute Gasteiger partial charge is 0.263 e. The van der Waals surface area contributed by atoms with Gasteiger partial charge in [0.25, 0.3) is 10.0 Å². The van der Waals surface area contributed by atoms with Gasteiger partial charge in [-0.2, -0.15) is 0 Å². The molecule has 0 amide bonds. The first-order valence-electron chi connectivity index (χ1n) is 10.7. The molecule has 0 aliphatic carbocycles. The maximum Gasteiger partial charge on any atom is 0.263 e. The molecule has 5 heteroatoms. The molecule has 0 aliphatic heterocycles. The predicted octanol–water partition coefficient (Wildman–Crippen LogP) is 6.35. The van der Waals surface area contributed by atoms with E-state index in [9.17, 15) is 8.42 Å². The minimum atomic E-state index is -3.62. The number of benzene rings is 1. The first-order chi connectivity index (χ1) is 13.6. The number of aryl methyl sites for hydroxylation is 1. The number of nitrogens with zero attached hydrogens (tertiary/aromatic N) is 1. The Kier molecular flexibility index (Phi) is 10.0. The van der Waals surface area contributed by atoms with E-state index >= 15 is 0 Å². The summed E-state index contributed by atoms with van der Waals surface area (Å²) in [4.78, 5) is 4.41. The van der Waals surface area contributed by atoms with Crippen LogP contribution in [0.1, 0.15) is 76.7 Å². The quantitative estimate of drug-likeness (QED) is 0.375. The van der Waals surface area contributed by atoms with E-state index in [1.165, 1.54) is 51.4 Å². The molecule has 0 saturated carbocycles. The van der Waals surface area contributed by atoms with Crippen molar-refractivity contribution in [1.82, 2.24) is 4.98 Å². The Morgan fingerprint density at radius 2 is 1.39 bits per heavy atom. The number of hydrogen-bond donors (Lipinski definition) is 1. The first kappa shape index (κ1) is 22.4. The highest BCUT2D eigenvalue weighted by Crippen LogP contribution is 2.21. The van der Waals surface area contributed by atoms with E-state index in [1.54, 1.807) is 36.5 Å². The van der Waals surface area contributed by atoms with Crippen molar-refractivity contribution in [2.45, 2.75) is 82.4 Å². The van der Waals surface area contributed by atoms with Crippen molar-refractivity contribution in [2.75, 3.05) is 4.72 Å². The Morgan fingerprint density at radius 1 is 0.786 bits per heavy atom. The topological polar surface area (TPSA) is 59.1 Å². The maximum atomic E-state index is 12.8. The average Bonchev–Trinajstić information content (AvgIpc) is 2.70. The number of aromatic nitrogens is 1.